The highest BCUT2D eigenvalue weighted by Gasteiger charge is 2.14. The summed E-state index contributed by atoms with van der Waals surface area (Å²) in [6.07, 6.45) is 3.66. The number of unbranched alkanes of at least 4 members (excludes halogenated alkanes) is 1. The molecule has 1 atom stereocenters. The van der Waals surface area contributed by atoms with E-state index in [0.717, 1.165) is 6.54 Å². The van der Waals surface area contributed by atoms with Gasteiger partial charge in [0.1, 0.15) is 0 Å². The number of rotatable bonds is 6. The topological polar surface area (TPSA) is 29.3 Å². The highest BCUT2D eigenvalue weighted by atomic mass is 15.1. The SMILES string of the molecule is CCCCC(CN)N(C)c1ccc(C)cc1C. The molecule has 0 fully saturated rings. The maximum absolute atomic E-state index is 5.89. The van der Waals surface area contributed by atoms with Crippen molar-refractivity contribution in [3.05, 3.63) is 29.3 Å². The summed E-state index contributed by atoms with van der Waals surface area (Å²) in [7, 11) is 2.16. The molecule has 2 N–H and O–H groups in total. The minimum Gasteiger partial charge on any atom is -0.370 e. The molecule has 1 aromatic carbocycles. The van der Waals surface area contributed by atoms with Gasteiger partial charge in [-0.1, -0.05) is 37.5 Å². The molecule has 0 saturated heterocycles. The van der Waals surface area contributed by atoms with Crippen LogP contribution >= 0.6 is 0 Å². The molecule has 1 aromatic rings. The summed E-state index contributed by atoms with van der Waals surface area (Å²) >= 11 is 0. The molecular weight excluding hydrogens is 208 g/mol. The van der Waals surface area contributed by atoms with Crippen LogP contribution in [0.3, 0.4) is 0 Å². The van der Waals surface area contributed by atoms with Gasteiger partial charge in [0, 0.05) is 25.3 Å². The van der Waals surface area contributed by atoms with E-state index in [-0.39, 0.29) is 0 Å². The fourth-order valence-electron chi connectivity index (χ4n) is 2.31. The Kier molecular flexibility index (Phi) is 5.49. The van der Waals surface area contributed by atoms with Gasteiger partial charge in [0.25, 0.3) is 0 Å². The molecule has 17 heavy (non-hydrogen) atoms. The van der Waals surface area contributed by atoms with Crippen molar-refractivity contribution in [3.8, 4) is 0 Å². The van der Waals surface area contributed by atoms with Gasteiger partial charge in [-0.05, 0) is 31.9 Å². The molecule has 0 aliphatic carbocycles. The molecule has 0 aromatic heterocycles. The highest BCUT2D eigenvalue weighted by molar-refractivity contribution is 5.54. The van der Waals surface area contributed by atoms with Crippen LogP contribution in [0, 0.1) is 13.8 Å². The molecule has 1 rings (SSSR count). The van der Waals surface area contributed by atoms with Crippen LogP contribution in [0.1, 0.15) is 37.3 Å². The first-order valence-electron chi connectivity index (χ1n) is 6.60. The van der Waals surface area contributed by atoms with Crippen LogP contribution in [0.5, 0.6) is 0 Å². The van der Waals surface area contributed by atoms with Crippen molar-refractivity contribution in [2.45, 2.75) is 46.1 Å². The largest absolute Gasteiger partial charge is 0.370 e. The first kappa shape index (κ1) is 14.0. The Morgan fingerprint density at radius 2 is 2.00 bits per heavy atom. The van der Waals surface area contributed by atoms with Crippen LogP contribution in [-0.2, 0) is 0 Å². The van der Waals surface area contributed by atoms with Crippen molar-refractivity contribution < 1.29 is 0 Å². The summed E-state index contributed by atoms with van der Waals surface area (Å²) < 4.78 is 0. The van der Waals surface area contributed by atoms with Gasteiger partial charge < -0.3 is 10.6 Å². The van der Waals surface area contributed by atoms with E-state index in [1.807, 2.05) is 0 Å². The maximum atomic E-state index is 5.89. The average Bonchev–Trinajstić information content (AvgIpc) is 2.29. The van der Waals surface area contributed by atoms with Crippen molar-refractivity contribution in [2.24, 2.45) is 5.73 Å². The Labute approximate surface area is 106 Å². The third kappa shape index (κ3) is 3.74. The molecule has 1 unspecified atom stereocenters. The highest BCUT2D eigenvalue weighted by Crippen LogP contribution is 2.23. The Bertz CT molecular complexity index is 347. The minimum absolute atomic E-state index is 0.455. The lowest BCUT2D eigenvalue weighted by Gasteiger charge is -2.30. The van der Waals surface area contributed by atoms with Gasteiger partial charge in [0.15, 0.2) is 0 Å². The summed E-state index contributed by atoms with van der Waals surface area (Å²) in [6.45, 7) is 7.26. The fourth-order valence-corrected chi connectivity index (χ4v) is 2.31. The summed E-state index contributed by atoms with van der Waals surface area (Å²) in [4.78, 5) is 2.34. The molecule has 96 valence electrons. The quantitative estimate of drug-likeness (QED) is 0.818. The second kappa shape index (κ2) is 6.65. The van der Waals surface area contributed by atoms with Gasteiger partial charge >= 0.3 is 0 Å². The zero-order valence-corrected chi connectivity index (χ0v) is 11.7. The number of nitrogens with zero attached hydrogens (tertiary/aromatic N) is 1. The smallest absolute Gasteiger partial charge is 0.0409 e. The van der Waals surface area contributed by atoms with Crippen molar-refractivity contribution in [1.82, 2.24) is 0 Å². The monoisotopic (exact) mass is 234 g/mol. The third-order valence-corrected chi connectivity index (χ3v) is 3.44. The van der Waals surface area contributed by atoms with Gasteiger partial charge in [-0.2, -0.15) is 0 Å². The van der Waals surface area contributed by atoms with Crippen LogP contribution in [0.2, 0.25) is 0 Å². The molecule has 0 radical (unpaired) electrons. The number of likely N-dealkylation sites (N-methyl/N-ethyl adjacent to an activating group) is 1. The van der Waals surface area contributed by atoms with Gasteiger partial charge in [0.05, 0.1) is 0 Å². The molecule has 0 spiro atoms. The van der Waals surface area contributed by atoms with Gasteiger partial charge in [-0.3, -0.25) is 0 Å². The number of benzene rings is 1. The molecule has 0 bridgehead atoms. The van der Waals surface area contributed by atoms with E-state index in [1.54, 1.807) is 0 Å². The normalized spacial score (nSPS) is 12.5. The minimum atomic E-state index is 0.455. The van der Waals surface area contributed by atoms with E-state index < -0.39 is 0 Å². The fraction of sp³-hybridized carbons (Fsp3) is 0.600. The Hall–Kier alpha value is -1.02. The number of aryl methyl sites for hydroxylation is 2. The lowest BCUT2D eigenvalue weighted by Crippen LogP contribution is -2.38. The third-order valence-electron chi connectivity index (χ3n) is 3.44. The van der Waals surface area contributed by atoms with Gasteiger partial charge in [0.2, 0.25) is 0 Å². The molecule has 2 nitrogen and oxygen atoms in total. The molecule has 0 saturated carbocycles. The molecule has 0 heterocycles. The summed E-state index contributed by atoms with van der Waals surface area (Å²) in [5, 5.41) is 0. The maximum Gasteiger partial charge on any atom is 0.0409 e. The Balaban J connectivity index is 2.81. The lowest BCUT2D eigenvalue weighted by atomic mass is 10.1. The van der Waals surface area contributed by atoms with E-state index in [4.69, 9.17) is 5.73 Å². The molecular formula is C15H26N2. The molecule has 0 aliphatic heterocycles. The van der Waals surface area contributed by atoms with Crippen molar-refractivity contribution >= 4 is 5.69 Å². The van der Waals surface area contributed by atoms with Crippen molar-refractivity contribution in [3.63, 3.8) is 0 Å². The van der Waals surface area contributed by atoms with Crippen molar-refractivity contribution in [1.29, 1.82) is 0 Å². The Morgan fingerprint density at radius 1 is 1.29 bits per heavy atom. The van der Waals surface area contributed by atoms with Crippen LogP contribution in [0.25, 0.3) is 0 Å². The van der Waals surface area contributed by atoms with Crippen molar-refractivity contribution in [2.75, 3.05) is 18.5 Å². The summed E-state index contributed by atoms with van der Waals surface area (Å²) in [5.41, 5.74) is 9.85. The van der Waals surface area contributed by atoms with Gasteiger partial charge in [-0.25, -0.2) is 0 Å². The van der Waals surface area contributed by atoms with E-state index in [0.29, 0.717) is 6.04 Å². The van der Waals surface area contributed by atoms with Crippen LogP contribution in [0.4, 0.5) is 5.69 Å². The van der Waals surface area contributed by atoms with E-state index >= 15 is 0 Å². The zero-order chi connectivity index (χ0) is 12.8. The van der Waals surface area contributed by atoms with E-state index in [2.05, 4.69) is 50.9 Å². The molecule has 2 heteroatoms. The first-order chi connectivity index (χ1) is 8.10. The van der Waals surface area contributed by atoms with Crippen LogP contribution in [0.15, 0.2) is 18.2 Å². The van der Waals surface area contributed by atoms with E-state index in [1.165, 1.54) is 36.1 Å². The van der Waals surface area contributed by atoms with Crippen LogP contribution < -0.4 is 10.6 Å². The predicted molar refractivity (Wildman–Crippen MR) is 76.7 cm³/mol. The molecule has 0 amide bonds. The number of nitrogens with two attached hydrogens (primary N) is 1. The van der Waals surface area contributed by atoms with Gasteiger partial charge in [-0.15, -0.1) is 0 Å². The second-order valence-corrected chi connectivity index (χ2v) is 4.93. The predicted octanol–water partition coefficient (Wildman–Crippen LogP) is 3.26. The first-order valence-corrected chi connectivity index (χ1v) is 6.60. The second-order valence-electron chi connectivity index (χ2n) is 4.93. The zero-order valence-electron chi connectivity index (χ0n) is 11.7. The summed E-state index contributed by atoms with van der Waals surface area (Å²) in [5.74, 6) is 0. The standard InChI is InChI=1S/C15H26N2/c1-5-6-7-14(11-16)17(4)15-9-8-12(2)10-13(15)3/h8-10,14H,5-7,11,16H2,1-4H3. The Morgan fingerprint density at radius 3 is 2.53 bits per heavy atom. The van der Waals surface area contributed by atoms with Crippen LogP contribution in [-0.4, -0.2) is 19.6 Å². The number of hydrogen-bond donors (Lipinski definition) is 1. The number of hydrogen-bond acceptors (Lipinski definition) is 2. The molecule has 0 aliphatic rings. The lowest BCUT2D eigenvalue weighted by molar-refractivity contribution is 0.557. The number of anilines is 1. The summed E-state index contributed by atoms with van der Waals surface area (Å²) in [6, 6.07) is 7.07. The van der Waals surface area contributed by atoms with E-state index in [9.17, 15) is 0 Å². The average molecular weight is 234 g/mol.